The van der Waals surface area contributed by atoms with E-state index in [0.29, 0.717) is 5.56 Å². The molecule has 0 aliphatic rings. The Balaban J connectivity index is 3.07. The van der Waals surface area contributed by atoms with Gasteiger partial charge in [-0.2, -0.15) is 0 Å². The molecule has 1 aromatic rings. The first kappa shape index (κ1) is 9.13. The number of benzene rings is 1. The van der Waals surface area contributed by atoms with Gasteiger partial charge in [-0.05, 0) is 12.5 Å². The van der Waals surface area contributed by atoms with Gasteiger partial charge in [0.2, 0.25) is 0 Å². The molecule has 1 rings (SSSR count). The highest BCUT2D eigenvalue weighted by Crippen LogP contribution is 2.17. The number of hydrogen-bond donors (Lipinski definition) is 1. The Labute approximate surface area is 70.2 Å². The Morgan fingerprint density at radius 1 is 1.50 bits per heavy atom. The molecule has 1 aromatic carbocycles. The minimum Gasteiger partial charge on any atom is -0.322 e. The maximum absolute atomic E-state index is 13.2. The first-order valence-electron chi connectivity index (χ1n) is 3.73. The van der Waals surface area contributed by atoms with E-state index in [1.165, 1.54) is 6.07 Å². The highest BCUT2D eigenvalue weighted by molar-refractivity contribution is 5.27. The summed E-state index contributed by atoms with van der Waals surface area (Å²) in [6.07, 6.45) is 0. The zero-order chi connectivity index (χ0) is 9.14. The molecule has 0 aliphatic heterocycles. The van der Waals surface area contributed by atoms with Crippen LogP contribution in [-0.2, 0) is 0 Å². The zero-order valence-corrected chi connectivity index (χ0v) is 6.85. The fraction of sp³-hybridized carbons (Fsp3) is 0.333. The molecular formula is C9H11F2N. The highest BCUT2D eigenvalue weighted by Gasteiger charge is 2.11. The van der Waals surface area contributed by atoms with Gasteiger partial charge in [-0.3, -0.25) is 0 Å². The van der Waals surface area contributed by atoms with Gasteiger partial charge in [-0.1, -0.05) is 18.2 Å². The first-order valence-corrected chi connectivity index (χ1v) is 3.73. The Hall–Kier alpha value is -0.960. The number of alkyl halides is 1. The van der Waals surface area contributed by atoms with Crippen LogP contribution in [0.5, 0.6) is 0 Å². The van der Waals surface area contributed by atoms with Crippen LogP contribution in [0.15, 0.2) is 18.2 Å². The molecule has 12 heavy (non-hydrogen) atoms. The van der Waals surface area contributed by atoms with Gasteiger partial charge < -0.3 is 5.73 Å². The first-order chi connectivity index (χ1) is 5.66. The quantitative estimate of drug-likeness (QED) is 0.724. The lowest BCUT2D eigenvalue weighted by atomic mass is 10.1. The molecule has 0 aliphatic carbocycles. The van der Waals surface area contributed by atoms with E-state index < -0.39 is 18.5 Å². The van der Waals surface area contributed by atoms with Crippen LogP contribution in [0, 0.1) is 12.7 Å². The van der Waals surface area contributed by atoms with Gasteiger partial charge in [-0.25, -0.2) is 8.78 Å². The van der Waals surface area contributed by atoms with Gasteiger partial charge in [0.05, 0.1) is 6.04 Å². The largest absolute Gasteiger partial charge is 0.322 e. The second-order valence-electron chi connectivity index (χ2n) is 2.74. The van der Waals surface area contributed by atoms with Crippen LogP contribution >= 0.6 is 0 Å². The standard InChI is InChI=1S/C9H11F2N/c1-6-3-2-4-7(9(6)11)8(12)5-10/h2-4,8H,5,12H2,1H3/t8-/m0/s1. The van der Waals surface area contributed by atoms with Crippen molar-refractivity contribution in [3.63, 3.8) is 0 Å². The molecule has 0 aromatic heterocycles. The molecule has 1 atom stereocenters. The lowest BCUT2D eigenvalue weighted by molar-refractivity contribution is 0.426. The van der Waals surface area contributed by atoms with E-state index in [4.69, 9.17) is 5.73 Å². The van der Waals surface area contributed by atoms with Crippen LogP contribution in [0.4, 0.5) is 8.78 Å². The summed E-state index contributed by atoms with van der Waals surface area (Å²) in [7, 11) is 0. The lowest BCUT2D eigenvalue weighted by Crippen LogP contribution is -2.14. The minimum atomic E-state index is -0.843. The van der Waals surface area contributed by atoms with Gasteiger partial charge in [0.1, 0.15) is 12.5 Å². The fourth-order valence-electron chi connectivity index (χ4n) is 1.04. The van der Waals surface area contributed by atoms with E-state index in [-0.39, 0.29) is 5.56 Å². The fourth-order valence-corrected chi connectivity index (χ4v) is 1.04. The van der Waals surface area contributed by atoms with E-state index >= 15 is 0 Å². The maximum Gasteiger partial charge on any atom is 0.130 e. The van der Waals surface area contributed by atoms with Crippen molar-refractivity contribution >= 4 is 0 Å². The monoisotopic (exact) mass is 171 g/mol. The third-order valence-electron chi connectivity index (χ3n) is 1.79. The van der Waals surface area contributed by atoms with E-state index in [1.54, 1.807) is 19.1 Å². The highest BCUT2D eigenvalue weighted by atomic mass is 19.1. The van der Waals surface area contributed by atoms with Gasteiger partial charge in [0.15, 0.2) is 0 Å². The number of halogens is 2. The van der Waals surface area contributed by atoms with Crippen LogP contribution in [0.25, 0.3) is 0 Å². The molecule has 3 heteroatoms. The summed E-state index contributed by atoms with van der Waals surface area (Å²) in [6, 6.07) is 3.96. The normalized spacial score (nSPS) is 13.0. The van der Waals surface area contributed by atoms with Crippen LogP contribution in [0.2, 0.25) is 0 Å². The van der Waals surface area contributed by atoms with Crippen LogP contribution < -0.4 is 5.73 Å². The predicted molar refractivity (Wildman–Crippen MR) is 44.0 cm³/mol. The lowest BCUT2D eigenvalue weighted by Gasteiger charge is -2.09. The molecule has 0 fully saturated rings. The van der Waals surface area contributed by atoms with Crippen molar-refractivity contribution in [1.82, 2.24) is 0 Å². The van der Waals surface area contributed by atoms with Crippen molar-refractivity contribution in [2.24, 2.45) is 5.73 Å². The summed E-state index contributed by atoms with van der Waals surface area (Å²) in [5.74, 6) is -0.400. The van der Waals surface area contributed by atoms with Crippen molar-refractivity contribution in [2.45, 2.75) is 13.0 Å². The third-order valence-corrected chi connectivity index (χ3v) is 1.79. The zero-order valence-electron chi connectivity index (χ0n) is 6.85. The molecule has 0 saturated carbocycles. The molecule has 0 spiro atoms. The number of rotatable bonds is 2. The van der Waals surface area contributed by atoms with Crippen molar-refractivity contribution in [2.75, 3.05) is 6.67 Å². The number of hydrogen-bond acceptors (Lipinski definition) is 1. The summed E-state index contributed by atoms with van der Waals surface area (Å²) in [5, 5.41) is 0. The Morgan fingerprint density at radius 2 is 2.17 bits per heavy atom. The maximum atomic E-state index is 13.2. The molecule has 0 bridgehead atoms. The van der Waals surface area contributed by atoms with Crippen molar-refractivity contribution in [1.29, 1.82) is 0 Å². The second-order valence-corrected chi connectivity index (χ2v) is 2.74. The van der Waals surface area contributed by atoms with Gasteiger partial charge >= 0.3 is 0 Å². The Bertz CT molecular complexity index is 273. The third kappa shape index (κ3) is 1.61. The summed E-state index contributed by atoms with van der Waals surface area (Å²) in [6.45, 7) is 0.893. The van der Waals surface area contributed by atoms with E-state index in [0.717, 1.165) is 0 Å². The average Bonchev–Trinajstić information content (AvgIpc) is 2.08. The molecule has 0 amide bonds. The summed E-state index contributed by atoms with van der Waals surface area (Å²) in [5.41, 5.74) is 6.09. The number of nitrogens with two attached hydrogens (primary N) is 1. The SMILES string of the molecule is Cc1cccc([C@@H](N)CF)c1F. The summed E-state index contributed by atoms with van der Waals surface area (Å²) in [4.78, 5) is 0. The molecule has 2 N–H and O–H groups in total. The average molecular weight is 171 g/mol. The van der Waals surface area contributed by atoms with Crippen molar-refractivity contribution < 1.29 is 8.78 Å². The van der Waals surface area contributed by atoms with Gasteiger partial charge in [0, 0.05) is 5.56 Å². The molecule has 0 heterocycles. The van der Waals surface area contributed by atoms with Crippen molar-refractivity contribution in [3.05, 3.63) is 35.1 Å². The molecule has 1 nitrogen and oxygen atoms in total. The van der Waals surface area contributed by atoms with E-state index in [9.17, 15) is 8.78 Å². The molecule has 0 saturated heterocycles. The Kier molecular flexibility index (Phi) is 2.76. The van der Waals surface area contributed by atoms with Gasteiger partial charge in [0.25, 0.3) is 0 Å². The van der Waals surface area contributed by atoms with E-state index in [1.807, 2.05) is 0 Å². The van der Waals surface area contributed by atoms with Crippen LogP contribution in [0.3, 0.4) is 0 Å². The predicted octanol–water partition coefficient (Wildman–Crippen LogP) is 2.10. The molecule has 66 valence electrons. The summed E-state index contributed by atoms with van der Waals surface area (Å²) < 4.78 is 25.3. The Morgan fingerprint density at radius 3 is 2.75 bits per heavy atom. The van der Waals surface area contributed by atoms with Crippen molar-refractivity contribution in [3.8, 4) is 0 Å². The number of aryl methyl sites for hydroxylation is 1. The molecule has 0 radical (unpaired) electrons. The topological polar surface area (TPSA) is 26.0 Å². The smallest absolute Gasteiger partial charge is 0.130 e. The minimum absolute atomic E-state index is 0.248. The van der Waals surface area contributed by atoms with Gasteiger partial charge in [-0.15, -0.1) is 0 Å². The second kappa shape index (κ2) is 3.63. The molecular weight excluding hydrogens is 160 g/mol. The summed E-state index contributed by atoms with van der Waals surface area (Å²) >= 11 is 0. The van der Waals surface area contributed by atoms with E-state index in [2.05, 4.69) is 0 Å². The van der Waals surface area contributed by atoms with Crippen LogP contribution in [0.1, 0.15) is 17.2 Å². The molecule has 0 unspecified atom stereocenters. The van der Waals surface area contributed by atoms with Crippen LogP contribution in [-0.4, -0.2) is 6.67 Å².